The fourth-order valence-electron chi connectivity index (χ4n) is 4.60. The third-order valence-electron chi connectivity index (χ3n) is 6.87. The van der Waals surface area contributed by atoms with Crippen molar-refractivity contribution in [2.75, 3.05) is 18.5 Å². The molecule has 0 atom stereocenters. The number of amides is 2. The SMILES string of the molecule is CCCCCCOc1ccc(Oc2ccc(NC(=O)N3CC(c4ccc(F)cc4)=C(c4ccc(Cl)cc4)N3)cc2)cc1. The van der Waals surface area contributed by atoms with Crippen LogP contribution in [0.3, 0.4) is 0 Å². The lowest BCUT2D eigenvalue weighted by molar-refractivity contribution is 0.210. The fraction of sp³-hybridized carbons (Fsp3) is 0.206. The maximum absolute atomic E-state index is 13.6. The van der Waals surface area contributed by atoms with Gasteiger partial charge in [-0.1, -0.05) is 62.1 Å². The van der Waals surface area contributed by atoms with E-state index >= 15 is 0 Å². The van der Waals surface area contributed by atoms with E-state index in [1.807, 2.05) is 36.4 Å². The molecule has 1 aliphatic heterocycles. The molecule has 8 heteroatoms. The highest BCUT2D eigenvalue weighted by Gasteiger charge is 2.27. The second kappa shape index (κ2) is 13.9. The van der Waals surface area contributed by atoms with Crippen molar-refractivity contribution in [1.82, 2.24) is 10.4 Å². The Hall–Kier alpha value is -4.49. The number of nitrogens with zero attached hydrogens (tertiary/aromatic N) is 1. The number of hydrogen-bond donors (Lipinski definition) is 2. The number of nitrogens with one attached hydrogen (secondary N) is 2. The van der Waals surface area contributed by atoms with Crippen LogP contribution in [0.25, 0.3) is 11.3 Å². The number of unbranched alkanes of at least 4 members (excludes halogenated alkanes) is 3. The first kappa shape index (κ1) is 29.0. The van der Waals surface area contributed by atoms with Gasteiger partial charge in [-0.3, -0.25) is 5.43 Å². The lowest BCUT2D eigenvalue weighted by atomic mass is 10.0. The third-order valence-corrected chi connectivity index (χ3v) is 7.12. The summed E-state index contributed by atoms with van der Waals surface area (Å²) in [6.07, 6.45) is 4.67. The Labute approximate surface area is 250 Å². The zero-order chi connectivity index (χ0) is 29.3. The number of anilines is 1. The lowest BCUT2D eigenvalue weighted by Gasteiger charge is -2.19. The van der Waals surface area contributed by atoms with E-state index < -0.39 is 0 Å². The van der Waals surface area contributed by atoms with Gasteiger partial charge in [0.1, 0.15) is 23.1 Å². The molecule has 0 fully saturated rings. The Morgan fingerprint density at radius 3 is 2.12 bits per heavy atom. The van der Waals surface area contributed by atoms with E-state index in [0.29, 0.717) is 28.8 Å². The van der Waals surface area contributed by atoms with Crippen molar-refractivity contribution in [1.29, 1.82) is 0 Å². The first-order valence-corrected chi connectivity index (χ1v) is 14.5. The molecule has 0 aliphatic carbocycles. The third kappa shape index (κ3) is 7.62. The van der Waals surface area contributed by atoms with Gasteiger partial charge in [-0.25, -0.2) is 14.2 Å². The van der Waals surface area contributed by atoms with Crippen LogP contribution >= 0.6 is 11.6 Å². The molecule has 0 radical (unpaired) electrons. The number of rotatable bonds is 11. The lowest BCUT2D eigenvalue weighted by Crippen LogP contribution is -2.40. The Kier molecular flexibility index (Phi) is 9.62. The van der Waals surface area contributed by atoms with Gasteiger partial charge in [-0.05, 0) is 90.3 Å². The molecule has 1 heterocycles. The van der Waals surface area contributed by atoms with E-state index in [1.54, 1.807) is 48.5 Å². The smallest absolute Gasteiger partial charge is 0.340 e. The second-order valence-electron chi connectivity index (χ2n) is 10.0. The van der Waals surface area contributed by atoms with Gasteiger partial charge in [0, 0.05) is 16.3 Å². The molecular weight excluding hydrogens is 553 g/mol. The van der Waals surface area contributed by atoms with E-state index in [9.17, 15) is 9.18 Å². The number of carbonyl (C=O) groups excluding carboxylic acids is 1. The average molecular weight is 586 g/mol. The molecule has 216 valence electrons. The van der Waals surface area contributed by atoms with Crippen molar-refractivity contribution in [2.24, 2.45) is 0 Å². The molecule has 6 nitrogen and oxygen atoms in total. The summed E-state index contributed by atoms with van der Waals surface area (Å²) in [4.78, 5) is 13.2. The topological polar surface area (TPSA) is 62.8 Å². The summed E-state index contributed by atoms with van der Waals surface area (Å²) >= 11 is 6.08. The Morgan fingerprint density at radius 2 is 1.45 bits per heavy atom. The molecule has 0 aromatic heterocycles. The van der Waals surface area contributed by atoms with Gasteiger partial charge in [0.2, 0.25) is 0 Å². The highest BCUT2D eigenvalue weighted by atomic mass is 35.5. The molecule has 1 aliphatic rings. The minimum atomic E-state index is -0.336. The monoisotopic (exact) mass is 585 g/mol. The average Bonchev–Trinajstić information content (AvgIpc) is 3.45. The van der Waals surface area contributed by atoms with Crippen LogP contribution in [-0.2, 0) is 0 Å². The van der Waals surface area contributed by atoms with E-state index in [1.165, 1.54) is 36.4 Å². The molecular formula is C34H33ClFN3O3. The Bertz CT molecular complexity index is 1450. The number of hydrazine groups is 1. The zero-order valence-corrected chi connectivity index (χ0v) is 24.2. The summed E-state index contributed by atoms with van der Waals surface area (Å²) < 4.78 is 25.3. The second-order valence-corrected chi connectivity index (χ2v) is 10.4. The summed E-state index contributed by atoms with van der Waals surface area (Å²) in [6.45, 7) is 3.19. The number of urea groups is 1. The molecule has 0 unspecified atom stereocenters. The number of benzene rings is 4. The largest absolute Gasteiger partial charge is 0.494 e. The van der Waals surface area contributed by atoms with Gasteiger partial charge in [-0.2, -0.15) is 0 Å². The maximum atomic E-state index is 13.6. The van der Waals surface area contributed by atoms with E-state index in [0.717, 1.165) is 34.6 Å². The summed E-state index contributed by atoms with van der Waals surface area (Å²) in [7, 11) is 0. The molecule has 2 amide bonds. The maximum Gasteiger partial charge on any atom is 0.340 e. The molecule has 0 bridgehead atoms. The molecule has 42 heavy (non-hydrogen) atoms. The van der Waals surface area contributed by atoms with Crippen molar-refractivity contribution in [3.05, 3.63) is 119 Å². The molecule has 4 aromatic carbocycles. The van der Waals surface area contributed by atoms with Crippen molar-refractivity contribution < 1.29 is 18.7 Å². The van der Waals surface area contributed by atoms with Crippen LogP contribution in [0.2, 0.25) is 5.02 Å². The van der Waals surface area contributed by atoms with Gasteiger partial charge in [0.25, 0.3) is 0 Å². The van der Waals surface area contributed by atoms with Crippen molar-refractivity contribution in [2.45, 2.75) is 32.6 Å². The Balaban J connectivity index is 1.19. The number of halogens is 2. The van der Waals surface area contributed by atoms with E-state index in [-0.39, 0.29) is 18.4 Å². The molecule has 4 aromatic rings. The minimum Gasteiger partial charge on any atom is -0.494 e. The molecule has 5 rings (SSSR count). The zero-order valence-electron chi connectivity index (χ0n) is 23.4. The van der Waals surface area contributed by atoms with Crippen LogP contribution in [0, 0.1) is 5.82 Å². The van der Waals surface area contributed by atoms with Crippen LogP contribution < -0.4 is 20.2 Å². The fourth-order valence-corrected chi connectivity index (χ4v) is 4.73. The van der Waals surface area contributed by atoms with Crippen LogP contribution in [0.1, 0.15) is 43.7 Å². The van der Waals surface area contributed by atoms with E-state index in [2.05, 4.69) is 17.7 Å². The first-order valence-electron chi connectivity index (χ1n) is 14.1. The van der Waals surface area contributed by atoms with Crippen molar-refractivity contribution in [3.63, 3.8) is 0 Å². The van der Waals surface area contributed by atoms with Crippen LogP contribution in [0.5, 0.6) is 17.2 Å². The highest BCUT2D eigenvalue weighted by molar-refractivity contribution is 6.30. The first-order chi connectivity index (χ1) is 20.5. The predicted molar refractivity (Wildman–Crippen MR) is 166 cm³/mol. The normalized spacial score (nSPS) is 12.7. The Morgan fingerprint density at radius 1 is 0.833 bits per heavy atom. The van der Waals surface area contributed by atoms with Gasteiger partial charge >= 0.3 is 6.03 Å². The minimum absolute atomic E-state index is 0.287. The van der Waals surface area contributed by atoms with Gasteiger partial charge in [-0.15, -0.1) is 0 Å². The van der Waals surface area contributed by atoms with Crippen LogP contribution in [0.15, 0.2) is 97.1 Å². The van der Waals surface area contributed by atoms with Gasteiger partial charge < -0.3 is 14.8 Å². The van der Waals surface area contributed by atoms with Crippen molar-refractivity contribution in [3.8, 4) is 17.2 Å². The summed E-state index contributed by atoms with van der Waals surface area (Å²) in [5.74, 6) is 1.84. The number of ether oxygens (including phenoxy) is 2. The summed E-state index contributed by atoms with van der Waals surface area (Å²) in [5.41, 5.74) is 7.12. The standard InChI is InChI=1S/C34H33ClFN3O3/c1-2-3-4-5-22-41-29-18-20-31(21-19-29)42-30-16-14-28(15-17-30)37-34(40)39-23-32(24-8-12-27(36)13-9-24)33(38-39)25-6-10-26(35)11-7-25/h6-21,38H,2-5,22-23H2,1H3,(H,37,40). The summed E-state index contributed by atoms with van der Waals surface area (Å²) in [6, 6.07) is 27.9. The van der Waals surface area contributed by atoms with Gasteiger partial charge in [0.05, 0.1) is 18.8 Å². The molecule has 0 saturated carbocycles. The van der Waals surface area contributed by atoms with Gasteiger partial charge in [0.15, 0.2) is 0 Å². The quantitative estimate of drug-likeness (QED) is 0.172. The van der Waals surface area contributed by atoms with Crippen molar-refractivity contribution >= 4 is 34.6 Å². The molecule has 2 N–H and O–H groups in total. The number of carbonyl (C=O) groups is 1. The summed E-state index contributed by atoms with van der Waals surface area (Å²) in [5, 5.41) is 5.02. The van der Waals surface area contributed by atoms with Crippen LogP contribution in [0.4, 0.5) is 14.9 Å². The molecule has 0 saturated heterocycles. The number of hydrogen-bond acceptors (Lipinski definition) is 4. The predicted octanol–water partition coefficient (Wildman–Crippen LogP) is 9.15. The highest BCUT2D eigenvalue weighted by Crippen LogP contribution is 2.32. The van der Waals surface area contributed by atoms with Crippen LogP contribution in [-0.4, -0.2) is 24.2 Å². The molecule has 0 spiro atoms. The van der Waals surface area contributed by atoms with E-state index in [4.69, 9.17) is 21.1 Å².